The summed E-state index contributed by atoms with van der Waals surface area (Å²) < 4.78 is 0. The summed E-state index contributed by atoms with van der Waals surface area (Å²) >= 11 is 5.87. The van der Waals surface area contributed by atoms with Gasteiger partial charge in [-0.3, -0.25) is 5.10 Å². The van der Waals surface area contributed by atoms with Crippen LogP contribution in [0.25, 0.3) is 0 Å². The molecular formula is C8H9ClN6. The normalized spacial score (nSPS) is 10.3. The SMILES string of the molecule is Cc1cc(Nc2nc(N)ncc2Cl)n[nH]1. The van der Waals surface area contributed by atoms with E-state index >= 15 is 0 Å². The maximum atomic E-state index is 5.87. The number of hydrogen-bond donors (Lipinski definition) is 3. The fourth-order valence-corrected chi connectivity index (χ4v) is 1.21. The number of H-pyrrole nitrogens is 1. The van der Waals surface area contributed by atoms with Crippen LogP contribution in [0.2, 0.25) is 5.02 Å². The number of rotatable bonds is 2. The van der Waals surface area contributed by atoms with Crippen molar-refractivity contribution in [2.75, 3.05) is 11.1 Å². The van der Waals surface area contributed by atoms with Gasteiger partial charge in [0.25, 0.3) is 0 Å². The van der Waals surface area contributed by atoms with E-state index in [-0.39, 0.29) is 5.95 Å². The summed E-state index contributed by atoms with van der Waals surface area (Å²) in [5, 5.41) is 10.1. The highest BCUT2D eigenvalue weighted by atomic mass is 35.5. The fraction of sp³-hybridized carbons (Fsp3) is 0.125. The molecule has 78 valence electrons. The summed E-state index contributed by atoms with van der Waals surface area (Å²) in [7, 11) is 0. The third kappa shape index (κ3) is 2.16. The van der Waals surface area contributed by atoms with Gasteiger partial charge in [0, 0.05) is 11.8 Å². The van der Waals surface area contributed by atoms with Gasteiger partial charge in [0.2, 0.25) is 5.95 Å². The van der Waals surface area contributed by atoms with Gasteiger partial charge in [-0.15, -0.1) is 0 Å². The second-order valence-electron chi connectivity index (χ2n) is 2.99. The smallest absolute Gasteiger partial charge is 0.222 e. The van der Waals surface area contributed by atoms with Gasteiger partial charge in [-0.1, -0.05) is 11.6 Å². The molecule has 0 spiro atoms. The molecule has 0 bridgehead atoms. The monoisotopic (exact) mass is 224 g/mol. The van der Waals surface area contributed by atoms with Crippen molar-refractivity contribution in [1.29, 1.82) is 0 Å². The molecule has 0 saturated carbocycles. The van der Waals surface area contributed by atoms with Gasteiger partial charge in [0.05, 0.1) is 6.20 Å². The van der Waals surface area contributed by atoms with Crippen molar-refractivity contribution in [1.82, 2.24) is 20.2 Å². The Morgan fingerprint density at radius 3 is 3.00 bits per heavy atom. The zero-order chi connectivity index (χ0) is 10.8. The average Bonchev–Trinajstić information content (AvgIpc) is 2.58. The molecule has 15 heavy (non-hydrogen) atoms. The van der Waals surface area contributed by atoms with Crippen molar-refractivity contribution in [3.63, 3.8) is 0 Å². The van der Waals surface area contributed by atoms with Crippen LogP contribution in [-0.2, 0) is 0 Å². The van der Waals surface area contributed by atoms with Gasteiger partial charge < -0.3 is 11.1 Å². The minimum atomic E-state index is 0.161. The Morgan fingerprint density at radius 2 is 2.33 bits per heavy atom. The Labute approximate surface area is 90.9 Å². The average molecular weight is 225 g/mol. The summed E-state index contributed by atoms with van der Waals surface area (Å²) in [4.78, 5) is 7.70. The third-order valence-corrected chi connectivity index (χ3v) is 1.99. The number of halogens is 1. The topological polar surface area (TPSA) is 92.5 Å². The molecule has 0 fully saturated rings. The Hall–Kier alpha value is -1.82. The molecule has 2 aromatic rings. The maximum Gasteiger partial charge on any atom is 0.222 e. The van der Waals surface area contributed by atoms with Crippen molar-refractivity contribution in [2.45, 2.75) is 6.92 Å². The lowest BCUT2D eigenvalue weighted by molar-refractivity contribution is 1.05. The second kappa shape index (κ2) is 3.74. The first-order chi connectivity index (χ1) is 7.15. The van der Waals surface area contributed by atoms with Crippen LogP contribution in [0.1, 0.15) is 5.69 Å². The van der Waals surface area contributed by atoms with Crippen molar-refractivity contribution in [3.8, 4) is 0 Å². The third-order valence-electron chi connectivity index (χ3n) is 1.72. The molecule has 0 saturated heterocycles. The first-order valence-electron chi connectivity index (χ1n) is 4.22. The molecule has 2 aromatic heterocycles. The molecule has 0 aliphatic rings. The van der Waals surface area contributed by atoms with Crippen LogP contribution >= 0.6 is 11.6 Å². The summed E-state index contributed by atoms with van der Waals surface area (Å²) in [6.07, 6.45) is 1.44. The largest absolute Gasteiger partial charge is 0.368 e. The van der Waals surface area contributed by atoms with Gasteiger partial charge >= 0.3 is 0 Å². The standard InChI is InChI=1S/C8H9ClN6/c1-4-2-6(15-14-4)12-7-5(9)3-11-8(10)13-7/h2-3H,1H3,(H4,10,11,12,13,14,15). The molecule has 6 nitrogen and oxygen atoms in total. The highest BCUT2D eigenvalue weighted by Gasteiger charge is 2.05. The number of aryl methyl sites for hydroxylation is 1. The number of hydrogen-bond acceptors (Lipinski definition) is 5. The zero-order valence-electron chi connectivity index (χ0n) is 7.95. The first-order valence-corrected chi connectivity index (χ1v) is 4.60. The predicted octanol–water partition coefficient (Wildman–Crippen LogP) is 1.49. The molecule has 2 rings (SSSR count). The van der Waals surface area contributed by atoms with E-state index in [2.05, 4.69) is 25.5 Å². The maximum absolute atomic E-state index is 5.87. The lowest BCUT2D eigenvalue weighted by atomic mass is 10.4. The van der Waals surface area contributed by atoms with Crippen molar-refractivity contribution < 1.29 is 0 Å². The molecule has 0 radical (unpaired) electrons. The van der Waals surface area contributed by atoms with Gasteiger partial charge in [-0.2, -0.15) is 10.1 Å². The molecule has 0 unspecified atom stereocenters. The van der Waals surface area contributed by atoms with E-state index in [1.807, 2.05) is 13.0 Å². The van der Waals surface area contributed by atoms with Gasteiger partial charge in [0.15, 0.2) is 11.6 Å². The van der Waals surface area contributed by atoms with E-state index in [0.717, 1.165) is 5.69 Å². The molecule has 2 heterocycles. The molecular weight excluding hydrogens is 216 g/mol. The number of anilines is 3. The Balaban J connectivity index is 2.27. The van der Waals surface area contributed by atoms with Crippen LogP contribution < -0.4 is 11.1 Å². The number of aromatic nitrogens is 4. The Bertz CT molecular complexity index is 480. The number of nitrogens with one attached hydrogen (secondary N) is 2. The highest BCUT2D eigenvalue weighted by Crippen LogP contribution is 2.21. The van der Waals surface area contributed by atoms with Crippen LogP contribution in [0.15, 0.2) is 12.3 Å². The quantitative estimate of drug-likeness (QED) is 0.719. The summed E-state index contributed by atoms with van der Waals surface area (Å²) in [5.41, 5.74) is 6.38. The van der Waals surface area contributed by atoms with E-state index in [1.165, 1.54) is 6.20 Å². The van der Waals surface area contributed by atoms with E-state index in [9.17, 15) is 0 Å². The number of nitrogen functional groups attached to an aromatic ring is 1. The number of nitrogens with two attached hydrogens (primary N) is 1. The Kier molecular flexibility index (Phi) is 2.42. The molecule has 7 heteroatoms. The van der Waals surface area contributed by atoms with Crippen molar-refractivity contribution in [3.05, 3.63) is 23.0 Å². The molecule has 4 N–H and O–H groups in total. The van der Waals surface area contributed by atoms with E-state index < -0.39 is 0 Å². The molecule has 0 aliphatic carbocycles. The zero-order valence-corrected chi connectivity index (χ0v) is 8.71. The van der Waals surface area contributed by atoms with E-state index in [4.69, 9.17) is 17.3 Å². The van der Waals surface area contributed by atoms with E-state index in [1.54, 1.807) is 0 Å². The molecule has 0 amide bonds. The highest BCUT2D eigenvalue weighted by molar-refractivity contribution is 6.32. The van der Waals surface area contributed by atoms with Crippen molar-refractivity contribution in [2.24, 2.45) is 0 Å². The van der Waals surface area contributed by atoms with E-state index in [0.29, 0.717) is 16.7 Å². The van der Waals surface area contributed by atoms with Crippen LogP contribution in [-0.4, -0.2) is 20.2 Å². The van der Waals surface area contributed by atoms with Crippen LogP contribution in [0.3, 0.4) is 0 Å². The molecule has 0 aliphatic heterocycles. The second-order valence-corrected chi connectivity index (χ2v) is 3.39. The van der Waals surface area contributed by atoms with Crippen LogP contribution in [0.5, 0.6) is 0 Å². The molecule has 0 atom stereocenters. The minimum Gasteiger partial charge on any atom is -0.368 e. The fourth-order valence-electron chi connectivity index (χ4n) is 1.07. The first kappa shape index (κ1) is 9.72. The van der Waals surface area contributed by atoms with Gasteiger partial charge in [-0.25, -0.2) is 4.98 Å². The summed E-state index contributed by atoms with van der Waals surface area (Å²) in [6.45, 7) is 1.90. The lowest BCUT2D eigenvalue weighted by Crippen LogP contribution is -2.00. The molecule has 0 aromatic carbocycles. The van der Waals surface area contributed by atoms with Crippen LogP contribution in [0, 0.1) is 6.92 Å². The lowest BCUT2D eigenvalue weighted by Gasteiger charge is -2.03. The minimum absolute atomic E-state index is 0.161. The van der Waals surface area contributed by atoms with Gasteiger partial charge in [0.1, 0.15) is 5.02 Å². The predicted molar refractivity (Wildman–Crippen MR) is 58.1 cm³/mol. The number of nitrogens with zero attached hydrogens (tertiary/aromatic N) is 3. The summed E-state index contributed by atoms with van der Waals surface area (Å²) in [6, 6.07) is 1.83. The van der Waals surface area contributed by atoms with Crippen LogP contribution in [0.4, 0.5) is 17.6 Å². The number of aromatic amines is 1. The summed E-state index contributed by atoms with van der Waals surface area (Å²) in [5.74, 6) is 1.23. The Morgan fingerprint density at radius 1 is 1.53 bits per heavy atom. The van der Waals surface area contributed by atoms with Gasteiger partial charge in [-0.05, 0) is 6.92 Å². The van der Waals surface area contributed by atoms with Crippen molar-refractivity contribution >= 4 is 29.2 Å².